The molecule has 21 heavy (non-hydrogen) atoms. The number of hydrogen-bond acceptors (Lipinski definition) is 2. The normalized spacial score (nSPS) is 24.5. The largest absolute Gasteiger partial charge is 0.310 e. The summed E-state index contributed by atoms with van der Waals surface area (Å²) >= 11 is 0. The van der Waals surface area contributed by atoms with Crippen molar-refractivity contribution in [1.82, 2.24) is 5.32 Å². The molecule has 0 saturated heterocycles. The number of anilines is 1. The zero-order chi connectivity index (χ0) is 14.9. The van der Waals surface area contributed by atoms with E-state index in [4.69, 9.17) is 0 Å². The number of carbonyl (C=O) groups is 1. The van der Waals surface area contributed by atoms with Crippen LogP contribution in [0.3, 0.4) is 0 Å². The zero-order valence-corrected chi connectivity index (χ0v) is 13.2. The molecular formula is C18H26N2O. The average molecular weight is 286 g/mol. The molecule has 1 atom stereocenters. The van der Waals surface area contributed by atoms with Crippen LogP contribution in [0.1, 0.15) is 51.5 Å². The van der Waals surface area contributed by atoms with E-state index in [-0.39, 0.29) is 5.41 Å². The molecule has 1 N–H and O–H groups in total. The predicted octanol–water partition coefficient (Wildman–Crippen LogP) is 3.48. The minimum atomic E-state index is -0.114. The Morgan fingerprint density at radius 2 is 2.05 bits per heavy atom. The van der Waals surface area contributed by atoms with Gasteiger partial charge in [0, 0.05) is 30.2 Å². The molecule has 3 heteroatoms. The molecule has 1 fully saturated rings. The number of nitrogens with zero attached hydrogens (tertiary/aromatic N) is 1. The quantitative estimate of drug-likeness (QED) is 0.902. The van der Waals surface area contributed by atoms with Gasteiger partial charge in [-0.25, -0.2) is 0 Å². The molecule has 114 valence electrons. The lowest BCUT2D eigenvalue weighted by atomic mass is 9.81. The first-order valence-corrected chi connectivity index (χ1v) is 8.29. The van der Waals surface area contributed by atoms with Crippen molar-refractivity contribution < 1.29 is 4.79 Å². The van der Waals surface area contributed by atoms with E-state index in [2.05, 4.69) is 42.3 Å². The van der Waals surface area contributed by atoms with Crippen LogP contribution in [0.2, 0.25) is 0 Å². The lowest BCUT2D eigenvalue weighted by molar-refractivity contribution is -0.128. The second kappa shape index (κ2) is 5.80. The molecule has 1 aromatic carbocycles. The number of para-hydroxylation sites is 1. The van der Waals surface area contributed by atoms with E-state index in [1.165, 1.54) is 18.4 Å². The Kier molecular flexibility index (Phi) is 4.03. The first-order chi connectivity index (χ1) is 10.2. The third-order valence-electron chi connectivity index (χ3n) is 5.32. The van der Waals surface area contributed by atoms with Crippen molar-refractivity contribution in [2.75, 3.05) is 11.4 Å². The summed E-state index contributed by atoms with van der Waals surface area (Å²) in [4.78, 5) is 15.4. The Morgan fingerprint density at radius 3 is 2.76 bits per heavy atom. The average Bonchev–Trinajstić information content (AvgIpc) is 2.94. The molecule has 0 bridgehead atoms. The van der Waals surface area contributed by atoms with Crippen LogP contribution in [-0.2, 0) is 11.3 Å². The molecule has 1 unspecified atom stereocenters. The summed E-state index contributed by atoms with van der Waals surface area (Å²) in [5.74, 6) is 0.352. The van der Waals surface area contributed by atoms with Crippen LogP contribution in [0.25, 0.3) is 0 Å². The number of nitrogens with one attached hydrogen (secondary N) is 1. The van der Waals surface area contributed by atoms with E-state index < -0.39 is 0 Å². The summed E-state index contributed by atoms with van der Waals surface area (Å²) in [6.07, 6.45) is 5.48. The third kappa shape index (κ3) is 2.59. The summed E-state index contributed by atoms with van der Waals surface area (Å²) < 4.78 is 0. The minimum absolute atomic E-state index is 0.114. The molecule has 3 rings (SSSR count). The number of fused-ring (bicyclic) bond motifs is 1. The summed E-state index contributed by atoms with van der Waals surface area (Å²) in [7, 11) is 0. The van der Waals surface area contributed by atoms with Gasteiger partial charge in [-0.1, -0.05) is 38.0 Å². The Bertz CT molecular complexity index is 520. The van der Waals surface area contributed by atoms with E-state index in [0.29, 0.717) is 11.9 Å². The first-order valence-electron chi connectivity index (χ1n) is 8.29. The summed E-state index contributed by atoms with van der Waals surface area (Å²) in [6.45, 7) is 5.96. The van der Waals surface area contributed by atoms with Crippen LogP contribution in [0.5, 0.6) is 0 Å². The minimum Gasteiger partial charge on any atom is -0.310 e. The predicted molar refractivity (Wildman–Crippen MR) is 86.3 cm³/mol. The van der Waals surface area contributed by atoms with Gasteiger partial charge < -0.3 is 10.2 Å². The molecular weight excluding hydrogens is 260 g/mol. The van der Waals surface area contributed by atoms with Crippen molar-refractivity contribution in [3.63, 3.8) is 0 Å². The Balaban J connectivity index is 1.97. The molecule has 1 saturated carbocycles. The molecule has 3 nitrogen and oxygen atoms in total. The van der Waals surface area contributed by atoms with Gasteiger partial charge in [0.15, 0.2) is 0 Å². The van der Waals surface area contributed by atoms with E-state index in [1.54, 1.807) is 0 Å². The van der Waals surface area contributed by atoms with E-state index in [0.717, 1.165) is 38.0 Å². The van der Waals surface area contributed by atoms with E-state index >= 15 is 0 Å². The van der Waals surface area contributed by atoms with Crippen LogP contribution in [0.4, 0.5) is 5.69 Å². The molecule has 1 aliphatic heterocycles. The summed E-state index contributed by atoms with van der Waals surface area (Å²) in [6, 6.07) is 8.67. The highest BCUT2D eigenvalue weighted by atomic mass is 16.2. The van der Waals surface area contributed by atoms with Gasteiger partial charge in [0.25, 0.3) is 0 Å². The molecule has 1 heterocycles. The van der Waals surface area contributed by atoms with Gasteiger partial charge in [-0.3, -0.25) is 4.79 Å². The van der Waals surface area contributed by atoms with Crippen LogP contribution >= 0.6 is 0 Å². The third-order valence-corrected chi connectivity index (χ3v) is 5.32. The Hall–Kier alpha value is -1.35. The van der Waals surface area contributed by atoms with Crippen LogP contribution in [0, 0.1) is 5.41 Å². The van der Waals surface area contributed by atoms with Crippen molar-refractivity contribution in [2.24, 2.45) is 5.41 Å². The molecule has 2 aliphatic rings. The Labute approximate surface area is 127 Å². The number of rotatable bonds is 2. The molecule has 1 aromatic rings. The van der Waals surface area contributed by atoms with Gasteiger partial charge in [-0.15, -0.1) is 0 Å². The smallest absolute Gasteiger partial charge is 0.233 e. The lowest BCUT2D eigenvalue weighted by Gasteiger charge is -2.34. The van der Waals surface area contributed by atoms with Crippen molar-refractivity contribution in [2.45, 2.75) is 58.5 Å². The van der Waals surface area contributed by atoms with Crippen molar-refractivity contribution >= 4 is 11.6 Å². The maximum Gasteiger partial charge on any atom is 0.233 e. The molecule has 1 amide bonds. The van der Waals surface area contributed by atoms with Crippen molar-refractivity contribution in [3.05, 3.63) is 29.8 Å². The van der Waals surface area contributed by atoms with Crippen molar-refractivity contribution in [3.8, 4) is 0 Å². The first kappa shape index (κ1) is 14.6. The fourth-order valence-corrected chi connectivity index (χ4v) is 3.89. The van der Waals surface area contributed by atoms with Gasteiger partial charge in [0.05, 0.1) is 0 Å². The lowest BCUT2D eigenvalue weighted by Crippen LogP contribution is -2.46. The SMILES string of the molecule is CCC1(C(=O)N2CC(C)NCc3ccccc32)CCCC1. The highest BCUT2D eigenvalue weighted by Crippen LogP contribution is 2.43. The highest BCUT2D eigenvalue weighted by molar-refractivity contribution is 5.98. The van der Waals surface area contributed by atoms with E-state index in [9.17, 15) is 4.79 Å². The highest BCUT2D eigenvalue weighted by Gasteiger charge is 2.43. The zero-order valence-electron chi connectivity index (χ0n) is 13.2. The monoisotopic (exact) mass is 286 g/mol. The standard InChI is InChI=1S/C18H26N2O/c1-3-18(10-6-7-11-18)17(21)20-13-14(2)19-12-15-8-4-5-9-16(15)20/h4-5,8-9,14,19H,3,6-7,10-13H2,1-2H3. The summed E-state index contributed by atoms with van der Waals surface area (Å²) in [5, 5.41) is 3.51. The maximum absolute atomic E-state index is 13.3. The number of carbonyl (C=O) groups excluding carboxylic acids is 1. The van der Waals surface area contributed by atoms with Crippen molar-refractivity contribution in [1.29, 1.82) is 0 Å². The van der Waals surface area contributed by atoms with Gasteiger partial charge in [0.2, 0.25) is 5.91 Å². The summed E-state index contributed by atoms with van der Waals surface area (Å²) in [5.41, 5.74) is 2.23. The Morgan fingerprint density at radius 1 is 1.33 bits per heavy atom. The maximum atomic E-state index is 13.3. The topological polar surface area (TPSA) is 32.3 Å². The van der Waals surface area contributed by atoms with Gasteiger partial charge in [-0.2, -0.15) is 0 Å². The van der Waals surface area contributed by atoms with Gasteiger partial charge in [0.1, 0.15) is 0 Å². The van der Waals surface area contributed by atoms with Gasteiger partial charge in [-0.05, 0) is 37.8 Å². The fraction of sp³-hybridized carbons (Fsp3) is 0.611. The second-order valence-corrected chi connectivity index (χ2v) is 6.67. The molecule has 0 spiro atoms. The van der Waals surface area contributed by atoms with Gasteiger partial charge >= 0.3 is 0 Å². The number of hydrogen-bond donors (Lipinski definition) is 1. The molecule has 0 aromatic heterocycles. The number of benzene rings is 1. The molecule has 1 aliphatic carbocycles. The molecule has 0 radical (unpaired) electrons. The number of amides is 1. The second-order valence-electron chi connectivity index (χ2n) is 6.67. The van der Waals surface area contributed by atoms with Crippen LogP contribution in [-0.4, -0.2) is 18.5 Å². The fourth-order valence-electron chi connectivity index (χ4n) is 3.89. The van der Waals surface area contributed by atoms with Crippen LogP contribution < -0.4 is 10.2 Å². The van der Waals surface area contributed by atoms with E-state index in [1.807, 2.05) is 6.07 Å². The van der Waals surface area contributed by atoms with Crippen LogP contribution in [0.15, 0.2) is 24.3 Å².